The predicted octanol–water partition coefficient (Wildman–Crippen LogP) is 3.85. The molecular weight excluding hydrogens is 256 g/mol. The fourth-order valence-corrected chi connectivity index (χ4v) is 3.03. The Kier molecular flexibility index (Phi) is 4.57. The maximum absolute atomic E-state index is 13.0. The lowest BCUT2D eigenvalue weighted by atomic mass is 9.88. The van der Waals surface area contributed by atoms with Crippen molar-refractivity contribution >= 4 is 11.6 Å². The minimum atomic E-state index is -0.528. The van der Waals surface area contributed by atoms with Crippen molar-refractivity contribution in [3.63, 3.8) is 0 Å². The minimum absolute atomic E-state index is 0.174. The van der Waals surface area contributed by atoms with Crippen LogP contribution in [0, 0.1) is 17.0 Å². The average molecular weight is 274 g/mol. The van der Waals surface area contributed by atoms with E-state index in [0.717, 1.165) is 25.5 Å². The quantitative estimate of drug-likeness (QED) is 0.804. The smallest absolute Gasteiger partial charge is 0.126 e. The van der Waals surface area contributed by atoms with Gasteiger partial charge in [-0.3, -0.25) is 0 Å². The summed E-state index contributed by atoms with van der Waals surface area (Å²) in [6, 6.07) is 3.61. The van der Waals surface area contributed by atoms with Crippen LogP contribution in [0.5, 0.6) is 0 Å². The molecule has 0 spiro atoms. The van der Waals surface area contributed by atoms with Gasteiger partial charge in [-0.15, -0.1) is 11.6 Å². The van der Waals surface area contributed by atoms with Gasteiger partial charge in [-0.1, -0.05) is 12.8 Å². The number of alkyl halides is 1. The van der Waals surface area contributed by atoms with Crippen molar-refractivity contribution < 1.29 is 8.78 Å². The molecule has 1 saturated carbocycles. The van der Waals surface area contributed by atoms with E-state index < -0.39 is 11.6 Å². The highest BCUT2D eigenvalue weighted by Crippen LogP contribution is 2.38. The Morgan fingerprint density at radius 2 is 1.72 bits per heavy atom. The molecular formula is C14H18ClF2N. The monoisotopic (exact) mass is 273 g/mol. The van der Waals surface area contributed by atoms with Gasteiger partial charge in [-0.05, 0) is 36.0 Å². The first-order chi connectivity index (χ1) is 8.63. The second-order valence-electron chi connectivity index (χ2n) is 5.22. The molecule has 18 heavy (non-hydrogen) atoms. The SMILES string of the molecule is Fc1cc(F)cc(CNCC2(CCl)CCCC2)c1. The van der Waals surface area contributed by atoms with Crippen LogP contribution >= 0.6 is 11.6 Å². The van der Waals surface area contributed by atoms with Gasteiger partial charge in [0.15, 0.2) is 0 Å². The van der Waals surface area contributed by atoms with Crippen molar-refractivity contribution in [3.8, 4) is 0 Å². The molecule has 0 saturated heterocycles. The Morgan fingerprint density at radius 1 is 1.11 bits per heavy atom. The third-order valence-corrected chi connectivity index (χ3v) is 4.27. The summed E-state index contributed by atoms with van der Waals surface area (Å²) in [6.07, 6.45) is 4.73. The third-order valence-electron chi connectivity index (χ3n) is 3.70. The lowest BCUT2D eigenvalue weighted by Crippen LogP contribution is -2.33. The van der Waals surface area contributed by atoms with Crippen LogP contribution in [0.1, 0.15) is 31.2 Å². The van der Waals surface area contributed by atoms with Crippen LogP contribution < -0.4 is 5.32 Å². The summed E-state index contributed by atoms with van der Waals surface area (Å²) in [7, 11) is 0. The molecule has 1 N–H and O–H groups in total. The minimum Gasteiger partial charge on any atom is -0.312 e. The molecule has 4 heteroatoms. The van der Waals surface area contributed by atoms with Crippen molar-refractivity contribution in [2.45, 2.75) is 32.2 Å². The zero-order valence-corrected chi connectivity index (χ0v) is 11.1. The van der Waals surface area contributed by atoms with Gasteiger partial charge in [0.05, 0.1) is 0 Å². The molecule has 1 aliphatic rings. The second-order valence-corrected chi connectivity index (χ2v) is 5.49. The molecule has 0 bridgehead atoms. The van der Waals surface area contributed by atoms with E-state index in [1.807, 2.05) is 0 Å². The summed E-state index contributed by atoms with van der Waals surface area (Å²) in [5.74, 6) is -0.406. The zero-order chi connectivity index (χ0) is 13.0. The molecule has 0 atom stereocenters. The molecule has 2 rings (SSSR count). The first-order valence-electron chi connectivity index (χ1n) is 6.35. The van der Waals surface area contributed by atoms with E-state index in [2.05, 4.69) is 5.32 Å². The molecule has 0 aromatic heterocycles. The van der Waals surface area contributed by atoms with E-state index in [-0.39, 0.29) is 5.41 Å². The molecule has 1 nitrogen and oxygen atoms in total. The van der Waals surface area contributed by atoms with Gasteiger partial charge < -0.3 is 5.32 Å². The standard InChI is InChI=1S/C14H18ClF2N/c15-9-14(3-1-2-4-14)10-18-8-11-5-12(16)7-13(17)6-11/h5-7,18H,1-4,8-10H2. The number of halogens is 3. The van der Waals surface area contributed by atoms with Gasteiger partial charge in [0, 0.05) is 25.0 Å². The van der Waals surface area contributed by atoms with Gasteiger partial charge in [0.2, 0.25) is 0 Å². The molecule has 1 aromatic rings. The van der Waals surface area contributed by atoms with Crippen LogP contribution in [-0.4, -0.2) is 12.4 Å². The Balaban J connectivity index is 1.87. The predicted molar refractivity (Wildman–Crippen MR) is 69.7 cm³/mol. The first-order valence-corrected chi connectivity index (χ1v) is 6.89. The maximum Gasteiger partial charge on any atom is 0.126 e. The highest BCUT2D eigenvalue weighted by atomic mass is 35.5. The van der Waals surface area contributed by atoms with Crippen LogP contribution in [0.3, 0.4) is 0 Å². The Bertz CT molecular complexity index is 383. The molecule has 1 fully saturated rings. The van der Waals surface area contributed by atoms with Crippen molar-refractivity contribution in [1.29, 1.82) is 0 Å². The molecule has 0 radical (unpaired) electrons. The summed E-state index contributed by atoms with van der Waals surface area (Å²) >= 11 is 6.04. The van der Waals surface area contributed by atoms with Gasteiger partial charge in [-0.25, -0.2) is 8.78 Å². The fourth-order valence-electron chi connectivity index (χ4n) is 2.67. The lowest BCUT2D eigenvalue weighted by molar-refractivity contribution is 0.320. The van der Waals surface area contributed by atoms with E-state index in [4.69, 9.17) is 11.6 Å². The number of rotatable bonds is 5. The van der Waals surface area contributed by atoms with E-state index in [0.29, 0.717) is 18.0 Å². The number of hydrogen-bond donors (Lipinski definition) is 1. The van der Waals surface area contributed by atoms with Gasteiger partial charge in [0.25, 0.3) is 0 Å². The Labute approximate surface area is 112 Å². The highest BCUT2D eigenvalue weighted by molar-refractivity contribution is 6.18. The fraction of sp³-hybridized carbons (Fsp3) is 0.571. The molecule has 0 heterocycles. The van der Waals surface area contributed by atoms with Gasteiger partial charge in [-0.2, -0.15) is 0 Å². The first kappa shape index (κ1) is 13.8. The third kappa shape index (κ3) is 3.42. The van der Waals surface area contributed by atoms with Crippen molar-refractivity contribution in [1.82, 2.24) is 5.32 Å². The van der Waals surface area contributed by atoms with E-state index in [9.17, 15) is 8.78 Å². The van der Waals surface area contributed by atoms with E-state index in [1.165, 1.54) is 25.0 Å². The van der Waals surface area contributed by atoms with Crippen LogP contribution in [-0.2, 0) is 6.54 Å². The summed E-state index contributed by atoms with van der Waals surface area (Å²) in [5, 5.41) is 3.27. The van der Waals surface area contributed by atoms with Crippen LogP contribution in [0.4, 0.5) is 8.78 Å². The Hall–Kier alpha value is -0.670. The topological polar surface area (TPSA) is 12.0 Å². The zero-order valence-electron chi connectivity index (χ0n) is 10.3. The van der Waals surface area contributed by atoms with Crippen LogP contribution in [0.25, 0.3) is 0 Å². The summed E-state index contributed by atoms with van der Waals surface area (Å²) in [6.45, 7) is 1.29. The van der Waals surface area contributed by atoms with Gasteiger partial charge >= 0.3 is 0 Å². The molecule has 0 aliphatic heterocycles. The largest absolute Gasteiger partial charge is 0.312 e. The molecule has 1 aliphatic carbocycles. The summed E-state index contributed by atoms with van der Waals surface area (Å²) < 4.78 is 26.0. The molecule has 0 amide bonds. The number of nitrogens with one attached hydrogen (secondary N) is 1. The molecule has 1 aromatic carbocycles. The van der Waals surface area contributed by atoms with Crippen molar-refractivity contribution in [2.75, 3.05) is 12.4 Å². The lowest BCUT2D eigenvalue weighted by Gasteiger charge is -2.26. The highest BCUT2D eigenvalue weighted by Gasteiger charge is 2.32. The van der Waals surface area contributed by atoms with Crippen molar-refractivity contribution in [3.05, 3.63) is 35.4 Å². The Morgan fingerprint density at radius 3 is 2.28 bits per heavy atom. The summed E-state index contributed by atoms with van der Waals surface area (Å²) in [5.41, 5.74) is 0.808. The van der Waals surface area contributed by atoms with Crippen LogP contribution in [0.2, 0.25) is 0 Å². The second kappa shape index (κ2) is 5.98. The number of hydrogen-bond acceptors (Lipinski definition) is 1. The maximum atomic E-state index is 13.0. The average Bonchev–Trinajstić information content (AvgIpc) is 2.77. The van der Waals surface area contributed by atoms with Crippen molar-refractivity contribution in [2.24, 2.45) is 5.41 Å². The van der Waals surface area contributed by atoms with Gasteiger partial charge in [0.1, 0.15) is 11.6 Å². The summed E-state index contributed by atoms with van der Waals surface area (Å²) in [4.78, 5) is 0. The number of benzene rings is 1. The molecule has 0 unspecified atom stereocenters. The molecule has 100 valence electrons. The normalized spacial score (nSPS) is 18.2. The van der Waals surface area contributed by atoms with Crippen LogP contribution in [0.15, 0.2) is 18.2 Å². The van der Waals surface area contributed by atoms with E-state index in [1.54, 1.807) is 0 Å². The van der Waals surface area contributed by atoms with E-state index >= 15 is 0 Å².